The minimum atomic E-state index is -3.60. The van der Waals surface area contributed by atoms with Crippen LogP contribution in [0.1, 0.15) is 18.1 Å². The highest BCUT2D eigenvalue weighted by Crippen LogP contribution is 2.22. The second-order valence-electron chi connectivity index (χ2n) is 5.93. The normalized spacial score (nSPS) is 12.5. The molecule has 1 amide bonds. The molecule has 0 unspecified atom stereocenters. The number of benzene rings is 2. The quantitative estimate of drug-likeness (QED) is 0.905. The summed E-state index contributed by atoms with van der Waals surface area (Å²) in [5.41, 5.74) is 3.14. The van der Waals surface area contributed by atoms with Crippen molar-refractivity contribution >= 4 is 27.3 Å². The van der Waals surface area contributed by atoms with Gasteiger partial charge >= 0.3 is 0 Å². The Morgan fingerprint density at radius 1 is 1.04 bits per heavy atom. The fourth-order valence-electron chi connectivity index (χ4n) is 2.47. The molecule has 2 aromatic carbocycles. The van der Waals surface area contributed by atoms with E-state index in [1.165, 1.54) is 0 Å². The van der Waals surface area contributed by atoms with Crippen LogP contribution in [0.2, 0.25) is 0 Å². The molecule has 2 aromatic rings. The zero-order chi connectivity index (χ0) is 17.9. The van der Waals surface area contributed by atoms with Gasteiger partial charge in [0.15, 0.2) is 0 Å². The first-order valence-corrected chi connectivity index (χ1v) is 9.47. The summed E-state index contributed by atoms with van der Waals surface area (Å²) < 4.78 is 25.6. The molecule has 0 aliphatic rings. The molecule has 0 heterocycles. The minimum Gasteiger partial charge on any atom is -0.324 e. The van der Waals surface area contributed by atoms with Gasteiger partial charge < -0.3 is 5.32 Å². The van der Waals surface area contributed by atoms with E-state index in [1.807, 2.05) is 44.2 Å². The van der Waals surface area contributed by atoms with Gasteiger partial charge in [-0.3, -0.25) is 9.10 Å². The van der Waals surface area contributed by atoms with E-state index in [4.69, 9.17) is 0 Å². The number of nitrogens with one attached hydrogen (secondary N) is 1. The van der Waals surface area contributed by atoms with Gasteiger partial charge in [-0.15, -0.1) is 0 Å². The van der Waals surface area contributed by atoms with Gasteiger partial charge in [0.25, 0.3) is 0 Å². The van der Waals surface area contributed by atoms with Crippen molar-refractivity contribution < 1.29 is 13.2 Å². The third kappa shape index (κ3) is 4.35. The molecule has 2 rings (SSSR count). The van der Waals surface area contributed by atoms with Crippen LogP contribution in [-0.4, -0.2) is 26.6 Å². The number of carbonyl (C=O) groups excluding carboxylic acids is 1. The lowest BCUT2D eigenvalue weighted by atomic mass is 10.2. The van der Waals surface area contributed by atoms with Crippen LogP contribution in [0.4, 0.5) is 11.4 Å². The molecule has 0 spiro atoms. The van der Waals surface area contributed by atoms with Crippen molar-refractivity contribution in [2.24, 2.45) is 0 Å². The molecule has 0 radical (unpaired) electrons. The number of hydrogen-bond acceptors (Lipinski definition) is 3. The van der Waals surface area contributed by atoms with E-state index < -0.39 is 16.1 Å². The maximum atomic E-state index is 12.5. The monoisotopic (exact) mass is 346 g/mol. The maximum Gasteiger partial charge on any atom is 0.247 e. The molecule has 0 aliphatic heterocycles. The van der Waals surface area contributed by atoms with Crippen LogP contribution in [0.3, 0.4) is 0 Å². The number of nitrogens with zero attached hydrogens (tertiary/aromatic N) is 1. The lowest BCUT2D eigenvalue weighted by Gasteiger charge is -2.28. The Labute approximate surface area is 143 Å². The van der Waals surface area contributed by atoms with E-state index in [1.54, 1.807) is 25.1 Å². The summed E-state index contributed by atoms with van der Waals surface area (Å²) in [5.74, 6) is -0.383. The largest absolute Gasteiger partial charge is 0.324 e. The molecule has 0 aliphatic carbocycles. The van der Waals surface area contributed by atoms with Crippen molar-refractivity contribution in [1.29, 1.82) is 0 Å². The van der Waals surface area contributed by atoms with Gasteiger partial charge in [0.2, 0.25) is 15.9 Å². The first-order chi connectivity index (χ1) is 11.2. The Balaban J connectivity index is 2.29. The molecule has 0 aromatic heterocycles. The summed E-state index contributed by atoms with van der Waals surface area (Å²) in [7, 11) is -3.60. The van der Waals surface area contributed by atoms with Gasteiger partial charge in [0, 0.05) is 5.69 Å². The maximum absolute atomic E-state index is 12.5. The van der Waals surface area contributed by atoms with Crippen LogP contribution in [-0.2, 0) is 14.8 Å². The van der Waals surface area contributed by atoms with Crippen LogP contribution < -0.4 is 9.62 Å². The van der Waals surface area contributed by atoms with Crippen molar-refractivity contribution in [3.8, 4) is 0 Å². The van der Waals surface area contributed by atoms with Crippen LogP contribution in [0.15, 0.2) is 48.5 Å². The summed E-state index contributed by atoms with van der Waals surface area (Å²) in [4.78, 5) is 12.5. The van der Waals surface area contributed by atoms with Crippen LogP contribution >= 0.6 is 0 Å². The minimum absolute atomic E-state index is 0.383. The molecule has 1 atom stereocenters. The molecular formula is C18H22N2O3S. The van der Waals surface area contributed by atoms with Gasteiger partial charge in [0.05, 0.1) is 11.9 Å². The highest BCUT2D eigenvalue weighted by molar-refractivity contribution is 7.92. The van der Waals surface area contributed by atoms with E-state index in [0.29, 0.717) is 11.4 Å². The average molecular weight is 346 g/mol. The zero-order valence-electron chi connectivity index (χ0n) is 14.3. The highest BCUT2D eigenvalue weighted by Gasteiger charge is 2.29. The number of hydrogen-bond donors (Lipinski definition) is 1. The van der Waals surface area contributed by atoms with E-state index in [0.717, 1.165) is 21.7 Å². The van der Waals surface area contributed by atoms with E-state index in [9.17, 15) is 13.2 Å². The smallest absolute Gasteiger partial charge is 0.247 e. The topological polar surface area (TPSA) is 66.5 Å². The fourth-order valence-corrected chi connectivity index (χ4v) is 3.64. The van der Waals surface area contributed by atoms with E-state index in [-0.39, 0.29) is 5.91 Å². The van der Waals surface area contributed by atoms with Gasteiger partial charge in [0.1, 0.15) is 6.04 Å². The third-order valence-corrected chi connectivity index (χ3v) is 4.90. The standard InChI is InChI=1S/C18H22N2O3S/c1-13-8-10-17(11-9-13)20(24(4,22)23)15(3)18(21)19-16-7-5-6-14(2)12-16/h5-12,15H,1-4H3,(H,19,21)/t15-/m0/s1. The number of amides is 1. The Morgan fingerprint density at radius 2 is 1.67 bits per heavy atom. The highest BCUT2D eigenvalue weighted by atomic mass is 32.2. The Morgan fingerprint density at radius 3 is 2.21 bits per heavy atom. The zero-order valence-corrected chi connectivity index (χ0v) is 15.1. The first kappa shape index (κ1) is 18.0. The second kappa shape index (κ2) is 7.05. The number of rotatable bonds is 5. The molecule has 128 valence electrons. The van der Waals surface area contributed by atoms with Gasteiger partial charge in [-0.1, -0.05) is 29.8 Å². The molecule has 1 N–H and O–H groups in total. The fraction of sp³-hybridized carbons (Fsp3) is 0.278. The van der Waals surface area contributed by atoms with Gasteiger partial charge in [-0.25, -0.2) is 8.42 Å². The predicted molar refractivity (Wildman–Crippen MR) is 97.8 cm³/mol. The Kier molecular flexibility index (Phi) is 5.29. The van der Waals surface area contributed by atoms with Crippen molar-refractivity contribution in [2.75, 3.05) is 15.9 Å². The second-order valence-corrected chi connectivity index (χ2v) is 7.79. The van der Waals surface area contributed by atoms with Crippen molar-refractivity contribution in [3.05, 3.63) is 59.7 Å². The van der Waals surface area contributed by atoms with Crippen molar-refractivity contribution in [1.82, 2.24) is 0 Å². The predicted octanol–water partition coefficient (Wildman–Crippen LogP) is 3.10. The Hall–Kier alpha value is -2.34. The van der Waals surface area contributed by atoms with Crippen LogP contribution in [0.25, 0.3) is 0 Å². The SMILES string of the molecule is Cc1ccc(N([C@@H](C)C(=O)Nc2cccc(C)c2)S(C)(=O)=O)cc1. The lowest BCUT2D eigenvalue weighted by molar-refractivity contribution is -0.116. The summed E-state index contributed by atoms with van der Waals surface area (Å²) in [5, 5.41) is 2.77. The molecule has 0 fully saturated rings. The van der Waals surface area contributed by atoms with E-state index in [2.05, 4.69) is 5.32 Å². The summed E-state index contributed by atoms with van der Waals surface area (Å²) >= 11 is 0. The molecule has 5 nitrogen and oxygen atoms in total. The molecule has 0 saturated heterocycles. The van der Waals surface area contributed by atoms with Gasteiger partial charge in [-0.2, -0.15) is 0 Å². The third-order valence-electron chi connectivity index (χ3n) is 3.66. The first-order valence-electron chi connectivity index (χ1n) is 7.62. The van der Waals surface area contributed by atoms with E-state index >= 15 is 0 Å². The number of carbonyl (C=O) groups is 1. The van der Waals surface area contributed by atoms with Crippen molar-refractivity contribution in [3.63, 3.8) is 0 Å². The van der Waals surface area contributed by atoms with Crippen molar-refractivity contribution in [2.45, 2.75) is 26.8 Å². The summed E-state index contributed by atoms with van der Waals surface area (Å²) in [6.07, 6.45) is 1.10. The Bertz CT molecular complexity index is 830. The summed E-state index contributed by atoms with van der Waals surface area (Å²) in [6.45, 7) is 5.42. The molecule has 24 heavy (non-hydrogen) atoms. The average Bonchev–Trinajstić information content (AvgIpc) is 2.48. The van der Waals surface area contributed by atoms with Crippen LogP contribution in [0, 0.1) is 13.8 Å². The lowest BCUT2D eigenvalue weighted by Crippen LogP contribution is -2.45. The summed E-state index contributed by atoms with van der Waals surface area (Å²) in [6, 6.07) is 13.5. The number of sulfonamides is 1. The molecule has 0 bridgehead atoms. The molecule has 0 saturated carbocycles. The van der Waals surface area contributed by atoms with Gasteiger partial charge in [-0.05, 0) is 50.6 Å². The molecule has 6 heteroatoms. The number of aryl methyl sites for hydroxylation is 2. The number of anilines is 2. The van der Waals surface area contributed by atoms with Crippen LogP contribution in [0.5, 0.6) is 0 Å². The molecular weight excluding hydrogens is 324 g/mol.